The minimum absolute atomic E-state index is 0.936. The largest absolute Gasteiger partial charge is 0.335 e. The summed E-state index contributed by atoms with van der Waals surface area (Å²) in [5.74, 6) is 1.05. The number of para-hydroxylation sites is 1. The summed E-state index contributed by atoms with van der Waals surface area (Å²) in [7, 11) is 0. The van der Waals surface area contributed by atoms with Crippen molar-refractivity contribution in [2.75, 3.05) is 17.6 Å². The molecule has 0 atom stereocenters. The zero-order chi connectivity index (χ0) is 13.8. The van der Waals surface area contributed by atoms with Crippen molar-refractivity contribution in [2.45, 2.75) is 46.0 Å². The molecule has 0 spiro atoms. The molecule has 1 rings (SSSR count). The van der Waals surface area contributed by atoms with Gasteiger partial charge in [0.05, 0.1) is 0 Å². The topological polar surface area (TPSA) is 24.4 Å². The molecule has 19 heavy (non-hydrogen) atoms. The average Bonchev–Trinajstić information content (AvgIpc) is 2.44. The molecule has 0 fully saturated rings. The van der Waals surface area contributed by atoms with Crippen molar-refractivity contribution in [3.05, 3.63) is 30.3 Å². The molecule has 0 radical (unpaired) electrons. The molecule has 0 aliphatic carbocycles. The molecule has 0 aliphatic rings. The van der Waals surface area contributed by atoms with Crippen molar-refractivity contribution in [2.24, 2.45) is 4.99 Å². The fraction of sp³-hybridized carbons (Fsp3) is 0.562. The molecule has 1 N–H and O–H groups in total. The Hall–Kier alpha value is -0.960. The van der Waals surface area contributed by atoms with Crippen LogP contribution in [0.5, 0.6) is 0 Å². The number of aliphatic imine (C=N–C) groups is 1. The van der Waals surface area contributed by atoms with Gasteiger partial charge in [-0.2, -0.15) is 0 Å². The molecule has 3 heteroatoms. The molecule has 106 valence electrons. The predicted octanol–water partition coefficient (Wildman–Crippen LogP) is 5.18. The molecular weight excluding hydrogens is 252 g/mol. The SMILES string of the molecule is CCCCCCCN=C(Nc1ccccc1)SCC. The summed E-state index contributed by atoms with van der Waals surface area (Å²) in [6.07, 6.45) is 6.49. The molecule has 2 nitrogen and oxygen atoms in total. The molecule has 0 saturated carbocycles. The van der Waals surface area contributed by atoms with E-state index in [1.54, 1.807) is 11.8 Å². The number of benzene rings is 1. The third-order valence-corrected chi connectivity index (χ3v) is 3.62. The number of anilines is 1. The first-order chi connectivity index (χ1) is 9.36. The summed E-state index contributed by atoms with van der Waals surface area (Å²) in [5, 5.41) is 4.44. The highest BCUT2D eigenvalue weighted by molar-refractivity contribution is 8.14. The summed E-state index contributed by atoms with van der Waals surface area (Å²) in [5.41, 5.74) is 1.12. The minimum atomic E-state index is 0.936. The number of unbranched alkanes of at least 4 members (excludes halogenated alkanes) is 4. The van der Waals surface area contributed by atoms with E-state index >= 15 is 0 Å². The second-order valence-corrected chi connectivity index (χ2v) is 5.78. The molecule has 0 aromatic heterocycles. The molecule has 0 heterocycles. The number of hydrogen-bond donors (Lipinski definition) is 1. The van der Waals surface area contributed by atoms with Crippen molar-refractivity contribution < 1.29 is 0 Å². The number of hydrogen-bond acceptors (Lipinski definition) is 2. The van der Waals surface area contributed by atoms with Crippen LogP contribution in [0.15, 0.2) is 35.3 Å². The Morgan fingerprint density at radius 2 is 1.79 bits per heavy atom. The molecule has 0 unspecified atom stereocenters. The Balaban J connectivity index is 2.34. The van der Waals surface area contributed by atoms with Gasteiger partial charge >= 0.3 is 0 Å². The summed E-state index contributed by atoms with van der Waals surface area (Å²) in [4.78, 5) is 4.67. The lowest BCUT2D eigenvalue weighted by Gasteiger charge is -2.08. The molecular formula is C16H26N2S. The van der Waals surface area contributed by atoms with Crippen LogP contribution in [0, 0.1) is 0 Å². The smallest absolute Gasteiger partial charge is 0.161 e. The van der Waals surface area contributed by atoms with E-state index in [1.165, 1.54) is 32.1 Å². The fourth-order valence-corrected chi connectivity index (χ4v) is 2.44. The van der Waals surface area contributed by atoms with Gasteiger partial charge < -0.3 is 5.32 Å². The van der Waals surface area contributed by atoms with E-state index in [1.807, 2.05) is 18.2 Å². The summed E-state index contributed by atoms with van der Waals surface area (Å²) in [6, 6.07) is 10.3. The second kappa shape index (κ2) is 10.9. The van der Waals surface area contributed by atoms with Crippen LogP contribution in [-0.4, -0.2) is 17.5 Å². The normalized spacial score (nSPS) is 11.6. The lowest BCUT2D eigenvalue weighted by molar-refractivity contribution is 0.639. The number of thioether (sulfide) groups is 1. The summed E-state index contributed by atoms with van der Waals surface area (Å²) in [6.45, 7) is 5.35. The summed E-state index contributed by atoms with van der Waals surface area (Å²) < 4.78 is 0. The predicted molar refractivity (Wildman–Crippen MR) is 89.3 cm³/mol. The van der Waals surface area contributed by atoms with E-state index < -0.39 is 0 Å². The molecule has 0 amide bonds. The van der Waals surface area contributed by atoms with Crippen molar-refractivity contribution in [1.82, 2.24) is 0 Å². The molecule has 0 saturated heterocycles. The standard InChI is InChI=1S/C16H26N2S/c1-3-5-6-7-11-14-17-16(19-4-2)18-15-12-9-8-10-13-15/h8-10,12-13H,3-7,11,14H2,1-2H3,(H,17,18). The van der Waals surface area contributed by atoms with Crippen LogP contribution in [0.4, 0.5) is 5.69 Å². The van der Waals surface area contributed by atoms with Crippen LogP contribution in [0.25, 0.3) is 0 Å². The van der Waals surface area contributed by atoms with Gasteiger partial charge in [-0.15, -0.1) is 0 Å². The Morgan fingerprint density at radius 3 is 2.47 bits per heavy atom. The van der Waals surface area contributed by atoms with Crippen LogP contribution in [-0.2, 0) is 0 Å². The highest BCUT2D eigenvalue weighted by atomic mass is 32.2. The first kappa shape index (κ1) is 16.1. The highest BCUT2D eigenvalue weighted by Crippen LogP contribution is 2.11. The quantitative estimate of drug-likeness (QED) is 0.402. The van der Waals surface area contributed by atoms with E-state index in [0.29, 0.717) is 0 Å². The first-order valence-corrected chi connectivity index (χ1v) is 8.34. The van der Waals surface area contributed by atoms with Crippen LogP contribution in [0.2, 0.25) is 0 Å². The average molecular weight is 278 g/mol. The van der Waals surface area contributed by atoms with Crippen LogP contribution in [0.1, 0.15) is 46.0 Å². The number of amidine groups is 1. The van der Waals surface area contributed by atoms with Gasteiger partial charge in [0.2, 0.25) is 0 Å². The first-order valence-electron chi connectivity index (χ1n) is 7.36. The maximum absolute atomic E-state index is 4.67. The Bertz CT molecular complexity index is 349. The number of nitrogens with one attached hydrogen (secondary N) is 1. The zero-order valence-corrected chi connectivity index (χ0v) is 13.0. The van der Waals surface area contributed by atoms with E-state index in [9.17, 15) is 0 Å². The van der Waals surface area contributed by atoms with Gasteiger partial charge in [0.15, 0.2) is 5.17 Å². The molecule has 1 aromatic rings. The highest BCUT2D eigenvalue weighted by Gasteiger charge is 1.99. The van der Waals surface area contributed by atoms with Crippen LogP contribution < -0.4 is 5.32 Å². The summed E-state index contributed by atoms with van der Waals surface area (Å²) >= 11 is 1.78. The molecule has 0 aliphatic heterocycles. The van der Waals surface area contributed by atoms with Gasteiger partial charge in [-0.3, -0.25) is 4.99 Å². The lowest BCUT2D eigenvalue weighted by atomic mass is 10.2. The van der Waals surface area contributed by atoms with Crippen molar-refractivity contribution >= 4 is 22.6 Å². The number of rotatable bonds is 8. The van der Waals surface area contributed by atoms with Gasteiger partial charge in [0.1, 0.15) is 0 Å². The Kier molecular flexibility index (Phi) is 9.25. The van der Waals surface area contributed by atoms with Gasteiger partial charge in [0.25, 0.3) is 0 Å². The van der Waals surface area contributed by atoms with Gasteiger partial charge in [-0.25, -0.2) is 0 Å². The fourth-order valence-electron chi connectivity index (χ4n) is 1.80. The van der Waals surface area contributed by atoms with E-state index in [4.69, 9.17) is 0 Å². The van der Waals surface area contributed by atoms with E-state index in [0.717, 1.165) is 23.2 Å². The van der Waals surface area contributed by atoms with Crippen molar-refractivity contribution in [3.8, 4) is 0 Å². The Labute approximate surface area is 122 Å². The van der Waals surface area contributed by atoms with Crippen molar-refractivity contribution in [1.29, 1.82) is 0 Å². The van der Waals surface area contributed by atoms with Gasteiger partial charge in [-0.1, -0.05) is 69.5 Å². The van der Waals surface area contributed by atoms with Gasteiger partial charge in [0, 0.05) is 12.2 Å². The van der Waals surface area contributed by atoms with Crippen molar-refractivity contribution in [3.63, 3.8) is 0 Å². The third-order valence-electron chi connectivity index (χ3n) is 2.82. The lowest BCUT2D eigenvalue weighted by Crippen LogP contribution is -2.09. The maximum atomic E-state index is 4.67. The molecule has 0 bridgehead atoms. The Morgan fingerprint density at radius 1 is 1.05 bits per heavy atom. The van der Waals surface area contributed by atoms with E-state index in [-0.39, 0.29) is 0 Å². The monoisotopic (exact) mass is 278 g/mol. The van der Waals surface area contributed by atoms with Crippen LogP contribution >= 0.6 is 11.8 Å². The third kappa shape index (κ3) is 7.93. The van der Waals surface area contributed by atoms with Gasteiger partial charge in [-0.05, 0) is 24.3 Å². The van der Waals surface area contributed by atoms with Crippen LogP contribution in [0.3, 0.4) is 0 Å². The zero-order valence-electron chi connectivity index (χ0n) is 12.2. The minimum Gasteiger partial charge on any atom is -0.335 e. The number of nitrogens with zero attached hydrogens (tertiary/aromatic N) is 1. The molecule has 1 aromatic carbocycles. The second-order valence-electron chi connectivity index (χ2n) is 4.53. The van der Waals surface area contributed by atoms with E-state index in [2.05, 4.69) is 36.3 Å². The maximum Gasteiger partial charge on any atom is 0.161 e.